The molecular formula is C27H24. The highest BCUT2D eigenvalue weighted by Crippen LogP contribution is 2.42. The van der Waals surface area contributed by atoms with Gasteiger partial charge in [0.2, 0.25) is 0 Å². The Morgan fingerprint density at radius 2 is 1.44 bits per heavy atom. The zero-order valence-corrected chi connectivity index (χ0v) is 16.2. The van der Waals surface area contributed by atoms with Crippen molar-refractivity contribution in [3.63, 3.8) is 0 Å². The molecule has 0 heterocycles. The molecule has 0 nitrogen and oxygen atoms in total. The van der Waals surface area contributed by atoms with Crippen LogP contribution in [0.1, 0.15) is 53.6 Å². The van der Waals surface area contributed by atoms with Gasteiger partial charge in [0.25, 0.3) is 0 Å². The highest BCUT2D eigenvalue weighted by molar-refractivity contribution is 5.85. The van der Waals surface area contributed by atoms with E-state index in [1.807, 2.05) is 30.3 Å². The standard InChI is InChI=1S/C27H24/c1-20-9-7-8-12-23(20)24-17-18-27(2,3)26-16-15-22(19-25(24)26)14-13-21-10-5-4-6-11-21/h4-12,15-17,19H,18H2,1-3H3. The summed E-state index contributed by atoms with van der Waals surface area (Å²) in [5.41, 5.74) is 8.96. The molecule has 0 radical (unpaired) electrons. The Kier molecular flexibility index (Phi) is 4.46. The number of fused-ring (bicyclic) bond motifs is 1. The first-order chi connectivity index (χ1) is 13.0. The maximum absolute atomic E-state index is 3.35. The number of aryl methyl sites for hydroxylation is 1. The summed E-state index contributed by atoms with van der Waals surface area (Å²) in [5.74, 6) is 6.63. The van der Waals surface area contributed by atoms with Crippen LogP contribution in [0.15, 0.2) is 78.9 Å². The van der Waals surface area contributed by atoms with Crippen molar-refractivity contribution < 1.29 is 0 Å². The molecule has 3 aromatic carbocycles. The Morgan fingerprint density at radius 3 is 2.22 bits per heavy atom. The second-order valence-corrected chi connectivity index (χ2v) is 7.90. The highest BCUT2D eigenvalue weighted by Gasteiger charge is 2.28. The minimum absolute atomic E-state index is 0.146. The topological polar surface area (TPSA) is 0 Å². The molecule has 0 saturated carbocycles. The SMILES string of the molecule is Cc1ccccc1C1=CCC(C)(C)c2ccc(C#Cc3ccccc3)cc21. The Hall–Kier alpha value is -3.04. The molecule has 4 rings (SSSR count). The lowest BCUT2D eigenvalue weighted by Gasteiger charge is -2.32. The summed E-state index contributed by atoms with van der Waals surface area (Å²) in [6, 6.07) is 25.5. The number of allylic oxidation sites excluding steroid dienone is 1. The van der Waals surface area contributed by atoms with Crippen LogP contribution < -0.4 is 0 Å². The summed E-state index contributed by atoms with van der Waals surface area (Å²) in [6.07, 6.45) is 3.46. The Morgan fingerprint density at radius 1 is 0.741 bits per heavy atom. The summed E-state index contributed by atoms with van der Waals surface area (Å²) >= 11 is 0. The van der Waals surface area contributed by atoms with Crippen molar-refractivity contribution in [3.05, 3.63) is 112 Å². The predicted molar refractivity (Wildman–Crippen MR) is 115 cm³/mol. The molecule has 0 bridgehead atoms. The lowest BCUT2D eigenvalue weighted by atomic mass is 9.71. The molecule has 1 aliphatic carbocycles. The zero-order chi connectivity index (χ0) is 18.9. The second kappa shape index (κ2) is 6.93. The van der Waals surface area contributed by atoms with Gasteiger partial charge in [0.05, 0.1) is 0 Å². The fourth-order valence-electron chi connectivity index (χ4n) is 3.81. The number of benzene rings is 3. The molecule has 27 heavy (non-hydrogen) atoms. The molecule has 0 atom stereocenters. The molecule has 0 spiro atoms. The van der Waals surface area contributed by atoms with Crippen LogP contribution in [0.25, 0.3) is 5.57 Å². The first-order valence-corrected chi connectivity index (χ1v) is 9.53. The smallest absolute Gasteiger partial charge is 0.0255 e. The van der Waals surface area contributed by atoms with E-state index in [2.05, 4.69) is 81.2 Å². The van der Waals surface area contributed by atoms with Gasteiger partial charge in [-0.05, 0) is 70.9 Å². The third-order valence-corrected chi connectivity index (χ3v) is 5.42. The second-order valence-electron chi connectivity index (χ2n) is 7.90. The van der Waals surface area contributed by atoms with Gasteiger partial charge < -0.3 is 0 Å². The lowest BCUT2D eigenvalue weighted by Crippen LogP contribution is -2.22. The van der Waals surface area contributed by atoms with Crippen molar-refractivity contribution in [2.75, 3.05) is 0 Å². The molecular weight excluding hydrogens is 324 g/mol. The van der Waals surface area contributed by atoms with Gasteiger partial charge in [0.15, 0.2) is 0 Å². The first-order valence-electron chi connectivity index (χ1n) is 9.53. The normalized spacial score (nSPS) is 14.6. The number of hydrogen-bond acceptors (Lipinski definition) is 0. The summed E-state index contributed by atoms with van der Waals surface area (Å²) in [5, 5.41) is 0. The number of rotatable bonds is 1. The molecule has 0 aliphatic heterocycles. The number of hydrogen-bond donors (Lipinski definition) is 0. The van der Waals surface area contributed by atoms with E-state index in [1.54, 1.807) is 0 Å². The molecule has 1 aliphatic rings. The summed E-state index contributed by atoms with van der Waals surface area (Å²) in [6.45, 7) is 6.84. The van der Waals surface area contributed by atoms with E-state index in [-0.39, 0.29) is 5.41 Å². The van der Waals surface area contributed by atoms with Gasteiger partial charge in [-0.3, -0.25) is 0 Å². The Labute approximate surface area is 162 Å². The molecule has 0 fully saturated rings. The van der Waals surface area contributed by atoms with Crippen LogP contribution >= 0.6 is 0 Å². The largest absolute Gasteiger partial charge is 0.0752 e. The molecule has 0 N–H and O–H groups in total. The van der Waals surface area contributed by atoms with Crippen LogP contribution in [0, 0.1) is 18.8 Å². The van der Waals surface area contributed by atoms with Crippen molar-refractivity contribution in [3.8, 4) is 11.8 Å². The van der Waals surface area contributed by atoms with Crippen molar-refractivity contribution in [2.24, 2.45) is 0 Å². The zero-order valence-electron chi connectivity index (χ0n) is 16.2. The van der Waals surface area contributed by atoms with Crippen LogP contribution in [-0.4, -0.2) is 0 Å². The highest BCUT2D eigenvalue weighted by atomic mass is 14.3. The maximum atomic E-state index is 3.35. The molecule has 0 amide bonds. The minimum Gasteiger partial charge on any atom is -0.0752 e. The van der Waals surface area contributed by atoms with Crippen LogP contribution in [-0.2, 0) is 5.41 Å². The monoisotopic (exact) mass is 348 g/mol. The van der Waals surface area contributed by atoms with Crippen LogP contribution in [0.5, 0.6) is 0 Å². The van der Waals surface area contributed by atoms with E-state index in [4.69, 9.17) is 0 Å². The average molecular weight is 348 g/mol. The fourth-order valence-corrected chi connectivity index (χ4v) is 3.81. The van der Waals surface area contributed by atoms with E-state index in [9.17, 15) is 0 Å². The van der Waals surface area contributed by atoms with E-state index < -0.39 is 0 Å². The summed E-state index contributed by atoms with van der Waals surface area (Å²) in [4.78, 5) is 0. The minimum atomic E-state index is 0.146. The van der Waals surface area contributed by atoms with Crippen molar-refractivity contribution in [1.82, 2.24) is 0 Å². The molecule has 0 saturated heterocycles. The molecule has 0 heteroatoms. The van der Waals surface area contributed by atoms with E-state index in [1.165, 1.54) is 27.8 Å². The predicted octanol–water partition coefficient (Wildman–Crippen LogP) is 6.51. The van der Waals surface area contributed by atoms with Gasteiger partial charge in [-0.15, -0.1) is 0 Å². The molecule has 3 aromatic rings. The van der Waals surface area contributed by atoms with E-state index in [0.29, 0.717) is 0 Å². The van der Waals surface area contributed by atoms with Gasteiger partial charge in [0.1, 0.15) is 0 Å². The average Bonchev–Trinajstić information content (AvgIpc) is 2.68. The van der Waals surface area contributed by atoms with Gasteiger partial charge >= 0.3 is 0 Å². The third kappa shape index (κ3) is 3.46. The fraction of sp³-hybridized carbons (Fsp3) is 0.185. The van der Waals surface area contributed by atoms with Crippen molar-refractivity contribution in [1.29, 1.82) is 0 Å². The van der Waals surface area contributed by atoms with E-state index in [0.717, 1.165) is 17.5 Å². The van der Waals surface area contributed by atoms with Gasteiger partial charge in [0, 0.05) is 11.1 Å². The Bertz CT molecular complexity index is 1070. The van der Waals surface area contributed by atoms with Crippen LogP contribution in [0.4, 0.5) is 0 Å². The maximum Gasteiger partial charge on any atom is 0.0255 e. The quantitative estimate of drug-likeness (QED) is 0.440. The van der Waals surface area contributed by atoms with Crippen LogP contribution in [0.2, 0.25) is 0 Å². The lowest BCUT2D eigenvalue weighted by molar-refractivity contribution is 0.527. The van der Waals surface area contributed by atoms with Gasteiger partial charge in [-0.25, -0.2) is 0 Å². The molecule has 0 unspecified atom stereocenters. The molecule has 0 aromatic heterocycles. The van der Waals surface area contributed by atoms with Crippen molar-refractivity contribution >= 4 is 5.57 Å². The summed E-state index contributed by atoms with van der Waals surface area (Å²) in [7, 11) is 0. The molecule has 132 valence electrons. The Balaban J connectivity index is 1.82. The van der Waals surface area contributed by atoms with Gasteiger partial charge in [-0.1, -0.05) is 80.3 Å². The summed E-state index contributed by atoms with van der Waals surface area (Å²) < 4.78 is 0. The van der Waals surface area contributed by atoms with Gasteiger partial charge in [-0.2, -0.15) is 0 Å². The first kappa shape index (κ1) is 17.4. The third-order valence-electron chi connectivity index (χ3n) is 5.42. The van der Waals surface area contributed by atoms with Crippen LogP contribution in [0.3, 0.4) is 0 Å². The van der Waals surface area contributed by atoms with E-state index >= 15 is 0 Å². The van der Waals surface area contributed by atoms with Crippen molar-refractivity contribution in [2.45, 2.75) is 32.6 Å².